The van der Waals surface area contributed by atoms with Crippen molar-refractivity contribution in [2.75, 3.05) is 26.3 Å². The molecule has 2 saturated heterocycles. The maximum atomic E-state index is 15.2. The molecule has 2 unspecified atom stereocenters. The number of halogens is 2. The molecule has 12 nitrogen and oxygen atoms in total. The molecule has 5 aromatic rings. The van der Waals surface area contributed by atoms with Gasteiger partial charge in [0.1, 0.15) is 24.8 Å². The van der Waals surface area contributed by atoms with E-state index >= 15 is 8.78 Å². The lowest BCUT2D eigenvalue weighted by molar-refractivity contribution is -0.142. The van der Waals surface area contributed by atoms with E-state index in [-0.39, 0.29) is 50.2 Å². The summed E-state index contributed by atoms with van der Waals surface area (Å²) < 4.78 is 45.3. The SMILES string of the molecule is CC(=O)OCCn1c(-c2ccc(-c3c(C[C@@H]4CCCN4C(=O)C(N)C(C)(C)C)c4ccc(F)cc4n3CCOC(C)=O)cc2)c(C[C@@H]2CCCN2C(=O)C(N)C(C)(C)C)c2ccc(F)cc21. The summed E-state index contributed by atoms with van der Waals surface area (Å²) in [6, 6.07) is 15.8. The van der Waals surface area contributed by atoms with Crippen molar-refractivity contribution in [1.82, 2.24) is 18.9 Å². The smallest absolute Gasteiger partial charge is 0.302 e. The lowest BCUT2D eigenvalue weighted by Crippen LogP contribution is -2.52. The van der Waals surface area contributed by atoms with Crippen molar-refractivity contribution in [2.45, 2.75) is 131 Å². The highest BCUT2D eigenvalue weighted by Crippen LogP contribution is 2.41. The Balaban J connectivity index is 1.37. The number of carbonyl (C=O) groups excluding carboxylic acids is 4. The summed E-state index contributed by atoms with van der Waals surface area (Å²) in [7, 11) is 0. The fourth-order valence-electron chi connectivity index (χ4n) is 9.92. The van der Waals surface area contributed by atoms with Gasteiger partial charge < -0.3 is 39.9 Å². The van der Waals surface area contributed by atoms with Crippen molar-refractivity contribution in [2.24, 2.45) is 22.3 Å². The summed E-state index contributed by atoms with van der Waals surface area (Å²) in [6.07, 6.45) is 4.16. The number of amides is 2. The van der Waals surface area contributed by atoms with Crippen LogP contribution in [0.3, 0.4) is 0 Å². The predicted molar refractivity (Wildman–Crippen MR) is 253 cm³/mol. The monoisotopic (exact) mass is 909 g/mol. The molecule has 2 aliphatic heterocycles. The number of aromatic nitrogens is 2. The van der Waals surface area contributed by atoms with Gasteiger partial charge in [-0.15, -0.1) is 0 Å². The number of carbonyl (C=O) groups is 4. The lowest BCUT2D eigenvalue weighted by Gasteiger charge is -2.33. The Morgan fingerprint density at radius 3 is 1.32 bits per heavy atom. The second kappa shape index (κ2) is 19.3. The molecule has 7 rings (SSSR count). The van der Waals surface area contributed by atoms with Crippen LogP contribution in [0.4, 0.5) is 8.78 Å². The highest BCUT2D eigenvalue weighted by Gasteiger charge is 2.39. The van der Waals surface area contributed by atoms with Crippen LogP contribution in [0.15, 0.2) is 60.7 Å². The molecule has 0 saturated carbocycles. The number of fused-ring (bicyclic) bond motifs is 2. The number of likely N-dealkylation sites (tertiary alicyclic amines) is 2. The standard InChI is InChI=1S/C52H66F2N6O6/c1-31(61)65-25-23-59-43-27-35(53)17-19-39(43)41(29-37-11-9-21-57(37)49(63)47(55)51(3,4)5)45(59)33-13-15-34(16-14-33)46-42(30-38-12-10-22-58(38)50(64)48(56)52(6,7)8)40-20-18-36(54)28-44(40)60(46)24-26-66-32(2)62/h13-20,27-28,37-38,47-48H,9-12,21-26,29-30,55-56H2,1-8H3/t37-,38-,47?,48?/m0/s1. The van der Waals surface area contributed by atoms with Crippen LogP contribution < -0.4 is 11.5 Å². The predicted octanol–water partition coefficient (Wildman–Crippen LogP) is 8.15. The van der Waals surface area contributed by atoms with Gasteiger partial charge in [-0.05, 0) is 108 Å². The van der Waals surface area contributed by atoms with Gasteiger partial charge in [-0.3, -0.25) is 19.2 Å². The first-order valence-electron chi connectivity index (χ1n) is 23.3. The molecular weight excluding hydrogens is 843 g/mol. The Morgan fingerprint density at radius 1 is 0.621 bits per heavy atom. The van der Waals surface area contributed by atoms with E-state index in [1.54, 1.807) is 12.1 Å². The van der Waals surface area contributed by atoms with Gasteiger partial charge >= 0.3 is 11.9 Å². The average molecular weight is 909 g/mol. The van der Waals surface area contributed by atoms with E-state index in [2.05, 4.69) is 0 Å². The molecule has 0 radical (unpaired) electrons. The van der Waals surface area contributed by atoms with Crippen molar-refractivity contribution >= 4 is 45.6 Å². The van der Waals surface area contributed by atoms with E-state index in [9.17, 15) is 19.2 Å². The van der Waals surface area contributed by atoms with Crippen LogP contribution in [0.5, 0.6) is 0 Å². The van der Waals surface area contributed by atoms with Crippen LogP contribution in [0.1, 0.15) is 92.2 Å². The highest BCUT2D eigenvalue weighted by atomic mass is 19.1. The zero-order valence-electron chi connectivity index (χ0n) is 39.7. The van der Waals surface area contributed by atoms with Crippen molar-refractivity contribution in [3.63, 3.8) is 0 Å². The normalized spacial score (nSPS) is 17.8. The molecule has 2 aromatic heterocycles. The fraction of sp³-hybridized carbons (Fsp3) is 0.500. The number of hydrogen-bond acceptors (Lipinski definition) is 8. The number of nitrogens with zero attached hydrogens (tertiary/aromatic N) is 4. The molecule has 3 aromatic carbocycles. The van der Waals surface area contributed by atoms with Crippen LogP contribution in [0, 0.1) is 22.5 Å². The number of hydrogen-bond donors (Lipinski definition) is 2. The number of esters is 2. The first-order valence-corrected chi connectivity index (χ1v) is 23.3. The molecule has 4 atom stereocenters. The number of ether oxygens (including phenoxy) is 2. The van der Waals surface area contributed by atoms with Gasteiger partial charge in [0, 0.05) is 49.8 Å². The largest absolute Gasteiger partial charge is 0.464 e. The fourth-order valence-corrected chi connectivity index (χ4v) is 9.92. The van der Waals surface area contributed by atoms with Gasteiger partial charge in [-0.25, -0.2) is 8.78 Å². The molecule has 2 amide bonds. The molecule has 4 N–H and O–H groups in total. The highest BCUT2D eigenvalue weighted by molar-refractivity contribution is 5.95. The van der Waals surface area contributed by atoms with Crippen LogP contribution in [-0.2, 0) is 54.6 Å². The number of rotatable bonds is 14. The lowest BCUT2D eigenvalue weighted by atomic mass is 9.86. The molecule has 2 aliphatic rings. The second-order valence-electron chi connectivity index (χ2n) is 20.3. The van der Waals surface area contributed by atoms with Crippen LogP contribution >= 0.6 is 0 Å². The first-order chi connectivity index (χ1) is 31.1. The Hall–Kier alpha value is -5.60. The maximum Gasteiger partial charge on any atom is 0.302 e. The van der Waals surface area contributed by atoms with Gasteiger partial charge in [0.15, 0.2) is 0 Å². The van der Waals surface area contributed by atoms with Crippen LogP contribution in [0.2, 0.25) is 0 Å². The van der Waals surface area contributed by atoms with E-state index in [0.29, 0.717) is 37.0 Å². The summed E-state index contributed by atoms with van der Waals surface area (Å²) in [5.41, 5.74) is 18.6. The summed E-state index contributed by atoms with van der Waals surface area (Å²) in [5, 5.41) is 1.66. The molecule has 0 aliphatic carbocycles. The topological polar surface area (TPSA) is 155 Å². The second-order valence-corrected chi connectivity index (χ2v) is 20.3. The third-order valence-electron chi connectivity index (χ3n) is 13.5. The zero-order chi connectivity index (χ0) is 47.8. The molecule has 2 fully saturated rings. The van der Waals surface area contributed by atoms with Gasteiger partial charge in [-0.1, -0.05) is 65.8 Å². The summed E-state index contributed by atoms with van der Waals surface area (Å²) in [6.45, 7) is 16.2. The maximum absolute atomic E-state index is 15.2. The Kier molecular flexibility index (Phi) is 14.1. The molecule has 0 bridgehead atoms. The number of nitrogens with two attached hydrogens (primary N) is 2. The summed E-state index contributed by atoms with van der Waals surface area (Å²) in [5.74, 6) is -1.87. The van der Waals surface area contributed by atoms with E-state index in [0.717, 1.165) is 70.1 Å². The van der Waals surface area contributed by atoms with Crippen LogP contribution in [0.25, 0.3) is 44.3 Å². The Bertz CT molecular complexity index is 2440. The van der Waals surface area contributed by atoms with Crippen molar-refractivity contribution in [3.05, 3.63) is 83.4 Å². The molecular formula is C52H66F2N6O6. The molecule has 0 spiro atoms. The van der Waals surface area contributed by atoms with E-state index in [1.807, 2.05) is 84.7 Å². The van der Waals surface area contributed by atoms with Crippen molar-refractivity contribution in [1.29, 1.82) is 0 Å². The van der Waals surface area contributed by atoms with Gasteiger partial charge in [-0.2, -0.15) is 0 Å². The minimum atomic E-state index is -0.686. The first kappa shape index (κ1) is 48.3. The zero-order valence-corrected chi connectivity index (χ0v) is 39.7. The minimum absolute atomic E-state index is 0.0539. The van der Waals surface area contributed by atoms with Gasteiger partial charge in [0.05, 0.1) is 47.6 Å². The summed E-state index contributed by atoms with van der Waals surface area (Å²) in [4.78, 5) is 55.7. The van der Waals surface area contributed by atoms with Crippen molar-refractivity contribution < 1.29 is 37.4 Å². The average Bonchev–Trinajstić information content (AvgIpc) is 4.04. The molecule has 354 valence electrons. The Labute approximate surface area is 386 Å². The van der Waals surface area contributed by atoms with Gasteiger partial charge in [0.2, 0.25) is 11.8 Å². The summed E-state index contributed by atoms with van der Waals surface area (Å²) >= 11 is 0. The van der Waals surface area contributed by atoms with Gasteiger partial charge in [0.25, 0.3) is 0 Å². The van der Waals surface area contributed by atoms with E-state index < -0.39 is 46.5 Å². The molecule has 14 heteroatoms. The van der Waals surface area contributed by atoms with E-state index in [4.69, 9.17) is 20.9 Å². The third kappa shape index (κ3) is 10.0. The van der Waals surface area contributed by atoms with Crippen LogP contribution in [-0.4, -0.2) is 93.2 Å². The molecule has 4 heterocycles. The minimum Gasteiger partial charge on any atom is -0.464 e. The number of benzene rings is 3. The third-order valence-corrected chi connectivity index (χ3v) is 13.5. The quantitative estimate of drug-likeness (QED) is 0.106. The molecule has 66 heavy (non-hydrogen) atoms. The van der Waals surface area contributed by atoms with E-state index in [1.165, 1.54) is 38.1 Å². The van der Waals surface area contributed by atoms with Crippen molar-refractivity contribution in [3.8, 4) is 22.5 Å². The Morgan fingerprint density at radius 2 is 0.985 bits per heavy atom.